The first kappa shape index (κ1) is 11.4. The molecule has 0 fully saturated rings. The molecule has 0 aliphatic rings. The molecule has 0 aliphatic carbocycles. The predicted octanol–water partition coefficient (Wildman–Crippen LogP) is 1.02. The quantitative estimate of drug-likeness (QED) is 0.308. The van der Waals surface area contributed by atoms with Gasteiger partial charge in [-0.2, -0.15) is 5.10 Å². The van der Waals surface area contributed by atoms with Gasteiger partial charge in [-0.1, -0.05) is 36.4 Å². The minimum absolute atomic E-state index is 0.277. The zero-order chi connectivity index (χ0) is 10.9. The molecule has 0 saturated heterocycles. The van der Waals surface area contributed by atoms with E-state index < -0.39 is 0 Å². The van der Waals surface area contributed by atoms with Gasteiger partial charge in [0.25, 0.3) is 0 Å². The van der Waals surface area contributed by atoms with Crippen LogP contribution < -0.4 is 16.7 Å². The maximum Gasteiger partial charge on any atom is 0.201 e. The second kappa shape index (κ2) is 6.69. The minimum atomic E-state index is 0.277. The normalized spacial score (nSPS) is 10.7. The first-order valence-electron chi connectivity index (χ1n) is 4.34. The third kappa shape index (κ3) is 4.90. The zero-order valence-electron chi connectivity index (χ0n) is 8.05. The van der Waals surface area contributed by atoms with Gasteiger partial charge >= 0.3 is 0 Å². The highest BCUT2D eigenvalue weighted by Crippen LogP contribution is 1.99. The molecule has 0 aromatic heterocycles. The van der Waals surface area contributed by atoms with E-state index in [1.807, 2.05) is 42.5 Å². The van der Waals surface area contributed by atoms with Crippen molar-refractivity contribution in [2.45, 2.75) is 0 Å². The maximum absolute atomic E-state index is 5.03. The number of nitrogens with zero attached hydrogens (tertiary/aromatic N) is 1. The number of rotatable bonds is 3. The molecule has 0 heterocycles. The molecule has 0 spiro atoms. The fourth-order valence-corrected chi connectivity index (χ4v) is 0.942. The molecule has 0 saturated carbocycles. The van der Waals surface area contributed by atoms with E-state index in [1.54, 1.807) is 6.21 Å². The highest BCUT2D eigenvalue weighted by molar-refractivity contribution is 7.80. The molecular formula is C10H12N4S. The summed E-state index contributed by atoms with van der Waals surface area (Å²) in [6.07, 6.45) is 5.34. The number of allylic oxidation sites excluding steroid dienone is 1. The van der Waals surface area contributed by atoms with Crippen LogP contribution in [0, 0.1) is 0 Å². The number of hydrazine groups is 1. The summed E-state index contributed by atoms with van der Waals surface area (Å²) in [5.74, 6) is 5.03. The van der Waals surface area contributed by atoms with Crippen molar-refractivity contribution in [1.29, 1.82) is 0 Å². The summed E-state index contributed by atoms with van der Waals surface area (Å²) < 4.78 is 0. The highest BCUT2D eigenvalue weighted by Gasteiger charge is 1.83. The van der Waals surface area contributed by atoms with E-state index >= 15 is 0 Å². The van der Waals surface area contributed by atoms with E-state index in [1.165, 1.54) is 0 Å². The molecule has 0 unspecified atom stereocenters. The zero-order valence-corrected chi connectivity index (χ0v) is 8.87. The van der Waals surface area contributed by atoms with Crippen LogP contribution in [0.2, 0.25) is 0 Å². The number of nitrogens with two attached hydrogens (primary N) is 1. The van der Waals surface area contributed by atoms with Crippen LogP contribution in [0.15, 0.2) is 41.5 Å². The molecular weight excluding hydrogens is 208 g/mol. The van der Waals surface area contributed by atoms with E-state index in [0.29, 0.717) is 0 Å². The van der Waals surface area contributed by atoms with Crippen LogP contribution in [0.25, 0.3) is 6.08 Å². The monoisotopic (exact) mass is 220 g/mol. The molecule has 1 rings (SSSR count). The van der Waals surface area contributed by atoms with Crippen LogP contribution in [-0.2, 0) is 0 Å². The molecule has 0 atom stereocenters. The molecule has 0 bridgehead atoms. The van der Waals surface area contributed by atoms with Gasteiger partial charge in [0.15, 0.2) is 0 Å². The highest BCUT2D eigenvalue weighted by atomic mass is 32.1. The van der Waals surface area contributed by atoms with Gasteiger partial charge in [-0.05, 0) is 23.9 Å². The van der Waals surface area contributed by atoms with Crippen LogP contribution in [0.3, 0.4) is 0 Å². The number of hydrogen-bond acceptors (Lipinski definition) is 3. The van der Waals surface area contributed by atoms with E-state index in [2.05, 4.69) is 16.0 Å². The standard InChI is InChI=1S/C10H12N4S/c11-13-10(15)14-12-8-4-7-9-5-2-1-3-6-9/h1-8H,11H2,(H2,13,14,15)/b7-4+,12-8+. The Morgan fingerprint density at radius 2 is 2.07 bits per heavy atom. The fourth-order valence-electron chi connectivity index (χ4n) is 0.889. The maximum atomic E-state index is 5.03. The van der Waals surface area contributed by atoms with Gasteiger partial charge in [0.2, 0.25) is 5.11 Å². The average Bonchev–Trinajstić information content (AvgIpc) is 2.29. The molecule has 0 aliphatic heterocycles. The fraction of sp³-hybridized carbons (Fsp3) is 0. The van der Waals surface area contributed by atoms with Crippen molar-refractivity contribution >= 4 is 29.6 Å². The third-order valence-corrected chi connectivity index (χ3v) is 1.76. The molecule has 78 valence electrons. The molecule has 15 heavy (non-hydrogen) atoms. The Hall–Kier alpha value is -1.72. The summed E-state index contributed by atoms with van der Waals surface area (Å²) in [4.78, 5) is 0. The van der Waals surface area contributed by atoms with Crippen LogP contribution in [0.5, 0.6) is 0 Å². The summed E-state index contributed by atoms with van der Waals surface area (Å²) in [6, 6.07) is 9.93. The average molecular weight is 220 g/mol. The summed E-state index contributed by atoms with van der Waals surface area (Å²) >= 11 is 4.71. The molecule has 1 aromatic carbocycles. The Morgan fingerprint density at radius 3 is 2.73 bits per heavy atom. The van der Waals surface area contributed by atoms with Crippen LogP contribution >= 0.6 is 12.2 Å². The van der Waals surface area contributed by atoms with Gasteiger partial charge < -0.3 is 0 Å². The van der Waals surface area contributed by atoms with Gasteiger partial charge in [-0.3, -0.25) is 10.9 Å². The van der Waals surface area contributed by atoms with Gasteiger partial charge in [0, 0.05) is 6.21 Å². The van der Waals surface area contributed by atoms with Crippen molar-refractivity contribution in [2.24, 2.45) is 10.9 Å². The van der Waals surface area contributed by atoms with E-state index in [-0.39, 0.29) is 5.11 Å². The summed E-state index contributed by atoms with van der Waals surface area (Å²) in [6.45, 7) is 0. The predicted molar refractivity (Wildman–Crippen MR) is 67.0 cm³/mol. The van der Waals surface area contributed by atoms with Gasteiger partial charge in [0.1, 0.15) is 0 Å². The molecule has 0 amide bonds. The lowest BCUT2D eigenvalue weighted by Gasteiger charge is -1.97. The Kier molecular flexibility index (Phi) is 5.07. The third-order valence-electron chi connectivity index (χ3n) is 1.55. The number of hydrogen-bond donors (Lipinski definition) is 3. The molecule has 1 aromatic rings. The molecule has 5 heteroatoms. The van der Waals surface area contributed by atoms with E-state index in [4.69, 9.17) is 18.1 Å². The van der Waals surface area contributed by atoms with Crippen molar-refractivity contribution in [2.75, 3.05) is 0 Å². The molecule has 4 nitrogen and oxygen atoms in total. The number of hydrazone groups is 1. The van der Waals surface area contributed by atoms with E-state index in [9.17, 15) is 0 Å². The Bertz CT molecular complexity index is 359. The van der Waals surface area contributed by atoms with Gasteiger partial charge in [0.05, 0.1) is 0 Å². The van der Waals surface area contributed by atoms with Crippen molar-refractivity contribution in [3.63, 3.8) is 0 Å². The summed E-state index contributed by atoms with van der Waals surface area (Å²) in [5.41, 5.74) is 5.90. The Labute approximate surface area is 93.8 Å². The lowest BCUT2D eigenvalue weighted by atomic mass is 10.2. The first-order chi connectivity index (χ1) is 7.33. The van der Waals surface area contributed by atoms with Crippen LogP contribution in [0.1, 0.15) is 5.56 Å². The lowest BCUT2D eigenvalue weighted by Crippen LogP contribution is -2.36. The number of thiocarbonyl (C=S) groups is 1. The lowest BCUT2D eigenvalue weighted by molar-refractivity contribution is 0.931. The number of benzene rings is 1. The van der Waals surface area contributed by atoms with Crippen LogP contribution in [-0.4, -0.2) is 11.3 Å². The summed E-state index contributed by atoms with van der Waals surface area (Å²) in [5, 5.41) is 4.09. The smallest absolute Gasteiger partial charge is 0.201 e. The van der Waals surface area contributed by atoms with Crippen molar-refractivity contribution in [3.05, 3.63) is 42.0 Å². The van der Waals surface area contributed by atoms with Crippen molar-refractivity contribution in [1.82, 2.24) is 10.9 Å². The Balaban J connectivity index is 2.37. The second-order valence-electron chi connectivity index (χ2n) is 2.63. The SMILES string of the molecule is NNC(=S)N/N=C/C=C/c1ccccc1. The van der Waals surface area contributed by atoms with Crippen LogP contribution in [0.4, 0.5) is 0 Å². The van der Waals surface area contributed by atoms with E-state index in [0.717, 1.165) is 5.56 Å². The minimum Gasteiger partial charge on any atom is -0.300 e. The molecule has 0 radical (unpaired) electrons. The topological polar surface area (TPSA) is 62.4 Å². The van der Waals surface area contributed by atoms with Crippen molar-refractivity contribution in [3.8, 4) is 0 Å². The summed E-state index contributed by atoms with van der Waals surface area (Å²) in [7, 11) is 0. The van der Waals surface area contributed by atoms with Crippen molar-refractivity contribution < 1.29 is 0 Å². The largest absolute Gasteiger partial charge is 0.300 e. The Morgan fingerprint density at radius 1 is 1.33 bits per heavy atom. The van der Waals surface area contributed by atoms with Gasteiger partial charge in [-0.15, -0.1) is 0 Å². The molecule has 4 N–H and O–H groups in total. The van der Waals surface area contributed by atoms with Gasteiger partial charge in [-0.25, -0.2) is 5.84 Å². The first-order valence-corrected chi connectivity index (χ1v) is 4.75. The number of nitrogens with one attached hydrogen (secondary N) is 2. The second-order valence-corrected chi connectivity index (χ2v) is 3.04.